The second-order valence-corrected chi connectivity index (χ2v) is 8.55. The van der Waals surface area contributed by atoms with Crippen LogP contribution in [0.1, 0.15) is 49.2 Å². The van der Waals surface area contributed by atoms with Crippen LogP contribution < -0.4 is 0 Å². The molecule has 0 unspecified atom stereocenters. The lowest BCUT2D eigenvalue weighted by molar-refractivity contribution is -0.147. The predicted octanol–water partition coefficient (Wildman–Crippen LogP) is 3.35. The predicted molar refractivity (Wildman–Crippen MR) is 107 cm³/mol. The zero-order chi connectivity index (χ0) is 19.3. The Hall–Kier alpha value is -2.30. The summed E-state index contributed by atoms with van der Waals surface area (Å²) < 4.78 is 2.00. The van der Waals surface area contributed by atoms with E-state index in [0.717, 1.165) is 36.7 Å². The van der Waals surface area contributed by atoms with Crippen molar-refractivity contribution in [2.24, 2.45) is 12.5 Å². The monoisotopic (exact) mass is 367 g/mol. The SMILES string of the molecule is Cc1cccc2cc(C(=O)N3CC[C@@]4(CCCN(C(C)C)C4=O)C3)n(C)c12. The molecule has 1 aromatic heterocycles. The Labute approximate surface area is 160 Å². The first-order valence-corrected chi connectivity index (χ1v) is 9.99. The molecule has 2 amide bonds. The van der Waals surface area contributed by atoms with Crippen molar-refractivity contribution in [2.45, 2.75) is 46.1 Å². The molecule has 5 nitrogen and oxygen atoms in total. The number of likely N-dealkylation sites (tertiary alicyclic amines) is 2. The Kier molecular flexibility index (Phi) is 4.28. The van der Waals surface area contributed by atoms with Crippen molar-refractivity contribution in [3.05, 3.63) is 35.5 Å². The van der Waals surface area contributed by atoms with Gasteiger partial charge in [0.05, 0.1) is 10.9 Å². The van der Waals surface area contributed by atoms with Crippen molar-refractivity contribution in [1.29, 1.82) is 0 Å². The van der Waals surface area contributed by atoms with Gasteiger partial charge < -0.3 is 14.4 Å². The fourth-order valence-electron chi connectivity index (χ4n) is 5.01. The lowest BCUT2D eigenvalue weighted by atomic mass is 9.78. The molecular weight excluding hydrogens is 338 g/mol. The fraction of sp³-hybridized carbons (Fsp3) is 0.545. The number of hydrogen-bond acceptors (Lipinski definition) is 2. The van der Waals surface area contributed by atoms with Crippen LogP contribution in [0.25, 0.3) is 10.9 Å². The van der Waals surface area contributed by atoms with E-state index in [1.54, 1.807) is 0 Å². The number of aryl methyl sites for hydroxylation is 2. The Morgan fingerprint density at radius 1 is 1.19 bits per heavy atom. The lowest BCUT2D eigenvalue weighted by Crippen LogP contribution is -2.52. The minimum absolute atomic E-state index is 0.0412. The molecule has 0 aliphatic carbocycles. The molecule has 1 atom stereocenters. The summed E-state index contributed by atoms with van der Waals surface area (Å²) >= 11 is 0. The second-order valence-electron chi connectivity index (χ2n) is 8.55. The Bertz CT molecular complexity index is 914. The van der Waals surface area contributed by atoms with Gasteiger partial charge in [-0.25, -0.2) is 0 Å². The normalized spacial score (nSPS) is 23.2. The molecule has 27 heavy (non-hydrogen) atoms. The van der Waals surface area contributed by atoms with Crippen LogP contribution in [0.4, 0.5) is 0 Å². The number of aromatic nitrogens is 1. The minimum atomic E-state index is -0.376. The third kappa shape index (κ3) is 2.75. The molecule has 0 N–H and O–H groups in total. The van der Waals surface area contributed by atoms with Crippen LogP contribution in [0.15, 0.2) is 24.3 Å². The van der Waals surface area contributed by atoms with Gasteiger partial charge in [-0.05, 0) is 51.7 Å². The molecule has 0 radical (unpaired) electrons. The number of carbonyl (C=O) groups is 2. The molecular formula is C22H29N3O2. The number of para-hydroxylation sites is 1. The van der Waals surface area contributed by atoms with Crippen molar-refractivity contribution in [2.75, 3.05) is 19.6 Å². The summed E-state index contributed by atoms with van der Waals surface area (Å²) in [6, 6.07) is 8.36. The molecule has 2 aliphatic rings. The van der Waals surface area contributed by atoms with Crippen LogP contribution in [0.5, 0.6) is 0 Å². The smallest absolute Gasteiger partial charge is 0.270 e. The molecule has 1 aromatic carbocycles. The molecule has 4 rings (SSSR count). The van der Waals surface area contributed by atoms with Gasteiger partial charge in [0.1, 0.15) is 5.69 Å². The van der Waals surface area contributed by atoms with Crippen molar-refractivity contribution in [3.8, 4) is 0 Å². The standard InChI is InChI=1S/C22H29N3O2/c1-15(2)25-11-6-9-22(21(25)27)10-12-24(14-22)20(26)18-13-17-8-5-7-16(3)19(17)23(18)4/h5,7-8,13,15H,6,9-12,14H2,1-4H3/t22-/m0/s1. The highest BCUT2D eigenvalue weighted by molar-refractivity contribution is 6.00. The average molecular weight is 367 g/mol. The van der Waals surface area contributed by atoms with Gasteiger partial charge in [0.15, 0.2) is 0 Å². The summed E-state index contributed by atoms with van der Waals surface area (Å²) in [5.74, 6) is 0.284. The first kappa shape index (κ1) is 18.1. The summed E-state index contributed by atoms with van der Waals surface area (Å²) in [6.45, 7) is 8.28. The summed E-state index contributed by atoms with van der Waals surface area (Å²) in [7, 11) is 1.96. The number of benzene rings is 1. The highest BCUT2D eigenvalue weighted by Crippen LogP contribution is 2.41. The van der Waals surface area contributed by atoms with E-state index >= 15 is 0 Å². The van der Waals surface area contributed by atoms with Crippen LogP contribution in [0, 0.1) is 12.3 Å². The zero-order valence-corrected chi connectivity index (χ0v) is 16.8. The molecule has 144 valence electrons. The van der Waals surface area contributed by atoms with Gasteiger partial charge in [-0.2, -0.15) is 0 Å². The second kappa shape index (κ2) is 6.39. The maximum atomic E-state index is 13.3. The van der Waals surface area contributed by atoms with Crippen LogP contribution in [0.3, 0.4) is 0 Å². The molecule has 3 heterocycles. The summed E-state index contributed by atoms with van der Waals surface area (Å²) in [4.78, 5) is 30.3. The zero-order valence-electron chi connectivity index (χ0n) is 16.8. The van der Waals surface area contributed by atoms with Gasteiger partial charge >= 0.3 is 0 Å². The van der Waals surface area contributed by atoms with E-state index in [2.05, 4.69) is 32.9 Å². The fourth-order valence-corrected chi connectivity index (χ4v) is 5.01. The molecule has 5 heteroatoms. The number of piperidine rings is 1. The number of nitrogens with zero attached hydrogens (tertiary/aromatic N) is 3. The maximum Gasteiger partial charge on any atom is 0.270 e. The van der Waals surface area contributed by atoms with Crippen molar-refractivity contribution in [3.63, 3.8) is 0 Å². The van der Waals surface area contributed by atoms with Crippen molar-refractivity contribution >= 4 is 22.7 Å². The molecule has 0 saturated carbocycles. The highest BCUT2D eigenvalue weighted by Gasteiger charge is 2.50. The van der Waals surface area contributed by atoms with Crippen LogP contribution in [0.2, 0.25) is 0 Å². The first-order chi connectivity index (χ1) is 12.8. The van der Waals surface area contributed by atoms with E-state index in [0.29, 0.717) is 18.8 Å². The Morgan fingerprint density at radius 3 is 2.67 bits per heavy atom. The quantitative estimate of drug-likeness (QED) is 0.817. The third-order valence-corrected chi connectivity index (χ3v) is 6.51. The largest absolute Gasteiger partial charge is 0.340 e. The van der Waals surface area contributed by atoms with Crippen molar-refractivity contribution < 1.29 is 9.59 Å². The number of carbonyl (C=O) groups excluding carboxylic acids is 2. The molecule has 2 aromatic rings. The van der Waals surface area contributed by atoms with E-state index in [9.17, 15) is 9.59 Å². The summed E-state index contributed by atoms with van der Waals surface area (Å²) in [5, 5.41) is 1.09. The number of fused-ring (bicyclic) bond motifs is 1. The van der Waals surface area contributed by atoms with Crippen LogP contribution >= 0.6 is 0 Å². The topological polar surface area (TPSA) is 45.6 Å². The van der Waals surface area contributed by atoms with Crippen LogP contribution in [-0.2, 0) is 11.8 Å². The molecule has 2 saturated heterocycles. The number of amides is 2. The van der Waals surface area contributed by atoms with E-state index < -0.39 is 0 Å². The average Bonchev–Trinajstić information content (AvgIpc) is 3.20. The van der Waals surface area contributed by atoms with E-state index in [-0.39, 0.29) is 23.3 Å². The van der Waals surface area contributed by atoms with E-state index in [1.165, 1.54) is 5.56 Å². The molecule has 2 aliphatic heterocycles. The molecule has 0 bridgehead atoms. The Balaban J connectivity index is 1.61. The lowest BCUT2D eigenvalue weighted by Gasteiger charge is -2.41. The van der Waals surface area contributed by atoms with Crippen LogP contribution in [-0.4, -0.2) is 51.9 Å². The number of rotatable bonds is 2. The van der Waals surface area contributed by atoms with Gasteiger partial charge in [-0.1, -0.05) is 18.2 Å². The van der Waals surface area contributed by atoms with Gasteiger partial charge in [-0.3, -0.25) is 9.59 Å². The summed E-state index contributed by atoms with van der Waals surface area (Å²) in [5.41, 5.74) is 2.61. The van der Waals surface area contributed by atoms with E-state index in [4.69, 9.17) is 0 Å². The van der Waals surface area contributed by atoms with E-state index in [1.807, 2.05) is 33.5 Å². The highest BCUT2D eigenvalue weighted by atomic mass is 16.2. The molecule has 2 fully saturated rings. The Morgan fingerprint density at radius 2 is 1.96 bits per heavy atom. The maximum absolute atomic E-state index is 13.3. The van der Waals surface area contributed by atoms with Gasteiger partial charge in [0, 0.05) is 38.1 Å². The minimum Gasteiger partial charge on any atom is -0.340 e. The molecule has 1 spiro atoms. The van der Waals surface area contributed by atoms with Gasteiger partial charge in [0.2, 0.25) is 5.91 Å². The third-order valence-electron chi connectivity index (χ3n) is 6.51. The van der Waals surface area contributed by atoms with Gasteiger partial charge in [0.25, 0.3) is 5.91 Å². The first-order valence-electron chi connectivity index (χ1n) is 9.99. The number of hydrogen-bond donors (Lipinski definition) is 0. The van der Waals surface area contributed by atoms with Crippen molar-refractivity contribution in [1.82, 2.24) is 14.4 Å². The van der Waals surface area contributed by atoms with Gasteiger partial charge in [-0.15, -0.1) is 0 Å². The summed E-state index contributed by atoms with van der Waals surface area (Å²) in [6.07, 6.45) is 2.70.